The molecular weight excluding hydrogens is 549 g/mol. The number of rotatable bonds is 11. The third-order valence-corrected chi connectivity index (χ3v) is 8.18. The van der Waals surface area contributed by atoms with Crippen molar-refractivity contribution < 1.29 is 19.2 Å². The lowest BCUT2D eigenvalue weighted by Gasteiger charge is -2.32. The highest BCUT2D eigenvalue weighted by Gasteiger charge is 2.47. The fraction of sp³-hybridized carbons (Fsp3) is 0.419. The normalized spacial score (nSPS) is 19.1. The number of fused-ring (bicyclic) bond motifs is 1. The number of allylic oxidation sites excluding steroid dienone is 2. The molecule has 1 heterocycles. The highest BCUT2D eigenvalue weighted by molar-refractivity contribution is 6.42. The van der Waals surface area contributed by atoms with Crippen molar-refractivity contribution in [3.05, 3.63) is 81.9 Å². The zero-order chi connectivity index (χ0) is 28.8. The van der Waals surface area contributed by atoms with Gasteiger partial charge < -0.3 is 10.2 Å². The van der Waals surface area contributed by atoms with E-state index in [9.17, 15) is 19.2 Å². The van der Waals surface area contributed by atoms with Crippen LogP contribution < -0.4 is 5.32 Å². The maximum atomic E-state index is 13.9. The molecule has 212 valence electrons. The Morgan fingerprint density at radius 1 is 0.950 bits per heavy atom. The van der Waals surface area contributed by atoms with Crippen LogP contribution in [0.1, 0.15) is 44.2 Å². The van der Waals surface area contributed by atoms with Gasteiger partial charge in [0.05, 0.1) is 21.9 Å². The molecule has 4 rings (SSSR count). The highest BCUT2D eigenvalue weighted by Crippen LogP contribution is 2.35. The number of carbonyl (C=O) groups excluding carboxylic acids is 4. The van der Waals surface area contributed by atoms with Crippen molar-refractivity contribution in [2.45, 2.75) is 52.1 Å². The van der Waals surface area contributed by atoms with Gasteiger partial charge in [-0.15, -0.1) is 0 Å². The monoisotopic (exact) mass is 583 g/mol. The van der Waals surface area contributed by atoms with Gasteiger partial charge in [-0.05, 0) is 42.0 Å². The van der Waals surface area contributed by atoms with Crippen molar-refractivity contribution >= 4 is 46.8 Å². The van der Waals surface area contributed by atoms with E-state index in [4.69, 9.17) is 23.2 Å². The topological polar surface area (TPSA) is 86.8 Å². The van der Waals surface area contributed by atoms with Gasteiger partial charge in [-0.3, -0.25) is 24.1 Å². The number of nitrogens with one attached hydrogen (secondary N) is 1. The van der Waals surface area contributed by atoms with Gasteiger partial charge in [0.1, 0.15) is 6.04 Å². The number of likely N-dealkylation sites (tertiary alicyclic amines) is 1. The molecule has 2 aromatic rings. The van der Waals surface area contributed by atoms with E-state index in [0.29, 0.717) is 41.4 Å². The molecule has 2 aliphatic rings. The van der Waals surface area contributed by atoms with Gasteiger partial charge in [-0.1, -0.05) is 85.6 Å². The smallest absolute Gasteiger partial charge is 0.243 e. The first kappa shape index (κ1) is 29.8. The van der Waals surface area contributed by atoms with Crippen LogP contribution in [0.25, 0.3) is 0 Å². The molecule has 0 bridgehead atoms. The molecule has 0 radical (unpaired) electrons. The van der Waals surface area contributed by atoms with E-state index in [-0.39, 0.29) is 60.9 Å². The number of halogens is 2. The summed E-state index contributed by atoms with van der Waals surface area (Å²) in [5.74, 6) is -1.53. The molecule has 40 heavy (non-hydrogen) atoms. The zero-order valence-corrected chi connectivity index (χ0v) is 24.3. The lowest BCUT2D eigenvalue weighted by Crippen LogP contribution is -2.51. The van der Waals surface area contributed by atoms with E-state index in [1.54, 1.807) is 18.2 Å². The molecule has 0 saturated carbocycles. The molecule has 1 saturated heterocycles. The van der Waals surface area contributed by atoms with Gasteiger partial charge in [-0.2, -0.15) is 0 Å². The molecule has 1 aliphatic heterocycles. The lowest BCUT2D eigenvalue weighted by atomic mass is 9.85. The Labute approximate surface area is 245 Å². The lowest BCUT2D eigenvalue weighted by molar-refractivity contribution is -0.144. The Kier molecular flexibility index (Phi) is 10.0. The van der Waals surface area contributed by atoms with E-state index in [1.807, 2.05) is 56.3 Å². The van der Waals surface area contributed by atoms with Gasteiger partial charge >= 0.3 is 0 Å². The summed E-state index contributed by atoms with van der Waals surface area (Å²) in [6, 6.07) is 13.8. The van der Waals surface area contributed by atoms with Gasteiger partial charge in [0.2, 0.25) is 23.6 Å². The van der Waals surface area contributed by atoms with Crippen LogP contribution in [0.5, 0.6) is 0 Å². The molecule has 1 N–H and O–H groups in total. The van der Waals surface area contributed by atoms with Crippen molar-refractivity contribution in [2.75, 3.05) is 13.1 Å². The summed E-state index contributed by atoms with van der Waals surface area (Å²) in [5.41, 5.74) is 1.61. The molecule has 4 amide bonds. The second kappa shape index (κ2) is 13.5. The first-order valence-corrected chi connectivity index (χ1v) is 14.5. The molecule has 2 aromatic carbocycles. The van der Waals surface area contributed by atoms with Crippen molar-refractivity contribution in [1.82, 2.24) is 15.1 Å². The maximum absolute atomic E-state index is 13.9. The standard InChI is InChI=1S/C31H35Cl2N3O4/c1-20(2)18-34-29(38)27(17-21-8-4-3-5-9-21)36(19-22-12-13-25(32)26(33)16-22)28(37)14-15-35-30(39)23-10-6-7-11-24(23)31(35)40/h3-9,12-13,16,20,23-24,27H,10-11,14-15,17-19H2,1-2H3,(H,34,38)/t23-,24+,27-/m0/s1. The third kappa shape index (κ3) is 7.12. The average Bonchev–Trinajstić information content (AvgIpc) is 3.19. The van der Waals surface area contributed by atoms with Crippen LogP contribution in [-0.4, -0.2) is 52.6 Å². The average molecular weight is 585 g/mol. The van der Waals surface area contributed by atoms with Gasteiger partial charge in [0, 0.05) is 32.5 Å². The van der Waals surface area contributed by atoms with Crippen LogP contribution >= 0.6 is 23.2 Å². The van der Waals surface area contributed by atoms with Crippen molar-refractivity contribution in [3.63, 3.8) is 0 Å². The number of carbonyl (C=O) groups is 4. The number of hydrogen-bond acceptors (Lipinski definition) is 4. The Morgan fingerprint density at radius 2 is 1.60 bits per heavy atom. The van der Waals surface area contributed by atoms with Crippen LogP contribution in [0.2, 0.25) is 10.0 Å². The summed E-state index contributed by atoms with van der Waals surface area (Å²) < 4.78 is 0. The van der Waals surface area contributed by atoms with Gasteiger partial charge in [-0.25, -0.2) is 0 Å². The van der Waals surface area contributed by atoms with E-state index in [2.05, 4.69) is 5.32 Å². The van der Waals surface area contributed by atoms with Crippen molar-refractivity contribution in [2.24, 2.45) is 17.8 Å². The maximum Gasteiger partial charge on any atom is 0.243 e. The SMILES string of the molecule is CC(C)CNC(=O)[C@H](Cc1ccccc1)N(Cc1ccc(Cl)c(Cl)c1)C(=O)CCN1C(=O)[C@H]2CC=CC[C@H]2C1=O. The number of hydrogen-bond donors (Lipinski definition) is 1. The molecule has 7 nitrogen and oxygen atoms in total. The Hall–Kier alpha value is -3.16. The van der Waals surface area contributed by atoms with Gasteiger partial charge in [0.15, 0.2) is 0 Å². The Morgan fingerprint density at radius 3 is 2.20 bits per heavy atom. The first-order chi connectivity index (χ1) is 19.2. The van der Waals surface area contributed by atoms with Crippen LogP contribution in [0.15, 0.2) is 60.7 Å². The summed E-state index contributed by atoms with van der Waals surface area (Å²) in [7, 11) is 0. The minimum atomic E-state index is -0.820. The fourth-order valence-corrected chi connectivity index (χ4v) is 5.57. The van der Waals surface area contributed by atoms with Crippen LogP contribution in [0.3, 0.4) is 0 Å². The largest absolute Gasteiger partial charge is 0.354 e. The minimum absolute atomic E-state index is 0.0208. The van der Waals surface area contributed by atoms with Crippen LogP contribution in [0, 0.1) is 17.8 Å². The highest BCUT2D eigenvalue weighted by atomic mass is 35.5. The van der Waals surface area contributed by atoms with E-state index >= 15 is 0 Å². The van der Waals surface area contributed by atoms with Crippen LogP contribution in [0.4, 0.5) is 0 Å². The van der Waals surface area contributed by atoms with E-state index in [1.165, 1.54) is 9.80 Å². The summed E-state index contributed by atoms with van der Waals surface area (Å²) >= 11 is 12.4. The summed E-state index contributed by atoms with van der Waals surface area (Å²) in [6.07, 6.45) is 5.16. The minimum Gasteiger partial charge on any atom is -0.354 e. The van der Waals surface area contributed by atoms with E-state index < -0.39 is 6.04 Å². The number of amides is 4. The predicted molar refractivity (Wildman–Crippen MR) is 155 cm³/mol. The number of benzene rings is 2. The molecule has 0 spiro atoms. The molecule has 0 aromatic heterocycles. The summed E-state index contributed by atoms with van der Waals surface area (Å²) in [6.45, 7) is 4.56. The van der Waals surface area contributed by atoms with Crippen molar-refractivity contribution in [3.8, 4) is 0 Å². The van der Waals surface area contributed by atoms with E-state index in [0.717, 1.165) is 5.56 Å². The fourth-order valence-electron chi connectivity index (χ4n) is 5.25. The first-order valence-electron chi connectivity index (χ1n) is 13.7. The number of imide groups is 1. The van der Waals surface area contributed by atoms with Gasteiger partial charge in [0.25, 0.3) is 0 Å². The Bertz CT molecular complexity index is 1250. The quantitative estimate of drug-likeness (QED) is 0.296. The third-order valence-electron chi connectivity index (χ3n) is 7.44. The summed E-state index contributed by atoms with van der Waals surface area (Å²) in [4.78, 5) is 56.2. The second-order valence-corrected chi connectivity index (χ2v) is 11.7. The molecule has 0 unspecified atom stereocenters. The summed E-state index contributed by atoms with van der Waals surface area (Å²) in [5, 5.41) is 3.72. The van der Waals surface area contributed by atoms with Crippen LogP contribution in [-0.2, 0) is 32.1 Å². The molecule has 9 heteroatoms. The molecular formula is C31H35Cl2N3O4. The molecule has 1 aliphatic carbocycles. The number of nitrogens with zero attached hydrogens (tertiary/aromatic N) is 2. The Balaban J connectivity index is 1.60. The molecule has 1 fully saturated rings. The zero-order valence-electron chi connectivity index (χ0n) is 22.8. The second-order valence-electron chi connectivity index (χ2n) is 10.8. The predicted octanol–water partition coefficient (Wildman–Crippen LogP) is 5.05. The molecule has 3 atom stereocenters. The van der Waals surface area contributed by atoms with Crippen molar-refractivity contribution in [1.29, 1.82) is 0 Å².